The van der Waals surface area contributed by atoms with Gasteiger partial charge in [-0.2, -0.15) is 0 Å². The van der Waals surface area contributed by atoms with Crippen LogP contribution >= 0.6 is 11.3 Å². The fraction of sp³-hybridized carbons (Fsp3) is 0.176. The summed E-state index contributed by atoms with van der Waals surface area (Å²) in [7, 11) is 0. The number of nitrogens with two attached hydrogens (primary N) is 1. The van der Waals surface area contributed by atoms with Gasteiger partial charge in [0.1, 0.15) is 0 Å². The second kappa shape index (κ2) is 5.75. The highest BCUT2D eigenvalue weighted by Gasteiger charge is 2.14. The summed E-state index contributed by atoms with van der Waals surface area (Å²) in [4.78, 5) is 0. The van der Waals surface area contributed by atoms with E-state index in [1.54, 1.807) is 11.3 Å². The Bertz CT molecular complexity index is 718. The molecule has 3 aromatic rings. The molecule has 2 aromatic carbocycles. The van der Waals surface area contributed by atoms with Crippen molar-refractivity contribution in [1.82, 2.24) is 5.43 Å². The van der Waals surface area contributed by atoms with E-state index < -0.39 is 0 Å². The van der Waals surface area contributed by atoms with Gasteiger partial charge >= 0.3 is 0 Å². The van der Waals surface area contributed by atoms with Crippen molar-refractivity contribution in [3.63, 3.8) is 0 Å². The molecule has 0 amide bonds. The summed E-state index contributed by atoms with van der Waals surface area (Å²) in [5.74, 6) is 5.79. The maximum Gasteiger partial charge on any atom is 0.0503 e. The van der Waals surface area contributed by atoms with E-state index in [1.165, 1.54) is 26.8 Å². The Kier molecular flexibility index (Phi) is 3.83. The minimum Gasteiger partial charge on any atom is -0.271 e. The SMILES string of the molecule is Cc1ccccc1C(Cc1csc2ccccc12)NN. The molecule has 0 bridgehead atoms. The summed E-state index contributed by atoms with van der Waals surface area (Å²) >= 11 is 1.80. The molecular weight excluding hydrogens is 264 g/mol. The largest absolute Gasteiger partial charge is 0.271 e. The molecule has 3 rings (SSSR count). The zero-order chi connectivity index (χ0) is 13.9. The molecule has 20 heavy (non-hydrogen) atoms. The quantitative estimate of drug-likeness (QED) is 0.561. The van der Waals surface area contributed by atoms with E-state index in [2.05, 4.69) is 66.3 Å². The molecule has 0 fully saturated rings. The molecule has 0 saturated carbocycles. The molecule has 0 spiro atoms. The van der Waals surface area contributed by atoms with Gasteiger partial charge in [0.2, 0.25) is 0 Å². The van der Waals surface area contributed by atoms with Gasteiger partial charge in [-0.05, 0) is 46.9 Å². The van der Waals surface area contributed by atoms with Crippen LogP contribution in [-0.4, -0.2) is 0 Å². The summed E-state index contributed by atoms with van der Waals surface area (Å²) in [5.41, 5.74) is 6.87. The number of benzene rings is 2. The van der Waals surface area contributed by atoms with E-state index in [0.29, 0.717) is 0 Å². The Hall–Kier alpha value is -1.68. The number of hydrogen-bond donors (Lipinski definition) is 2. The van der Waals surface area contributed by atoms with Gasteiger partial charge in [-0.1, -0.05) is 42.5 Å². The zero-order valence-corrected chi connectivity index (χ0v) is 12.3. The van der Waals surface area contributed by atoms with Gasteiger partial charge in [-0.3, -0.25) is 11.3 Å². The molecule has 1 atom stereocenters. The van der Waals surface area contributed by atoms with Crippen LogP contribution in [0.15, 0.2) is 53.9 Å². The first-order chi connectivity index (χ1) is 9.79. The molecular formula is C17H18N2S. The normalized spacial score (nSPS) is 12.7. The molecule has 0 aliphatic heterocycles. The highest BCUT2D eigenvalue weighted by Crippen LogP contribution is 2.30. The van der Waals surface area contributed by atoms with Crippen LogP contribution < -0.4 is 11.3 Å². The molecule has 102 valence electrons. The maximum atomic E-state index is 5.79. The van der Waals surface area contributed by atoms with Crippen LogP contribution in [-0.2, 0) is 6.42 Å². The highest BCUT2D eigenvalue weighted by atomic mass is 32.1. The van der Waals surface area contributed by atoms with E-state index in [1.807, 2.05) is 0 Å². The van der Waals surface area contributed by atoms with Crippen molar-refractivity contribution < 1.29 is 0 Å². The van der Waals surface area contributed by atoms with Crippen molar-refractivity contribution in [3.8, 4) is 0 Å². The average molecular weight is 282 g/mol. The van der Waals surface area contributed by atoms with E-state index in [9.17, 15) is 0 Å². The van der Waals surface area contributed by atoms with Crippen LogP contribution in [0.4, 0.5) is 0 Å². The number of thiophene rings is 1. The number of rotatable bonds is 4. The maximum absolute atomic E-state index is 5.79. The third-order valence-electron chi connectivity index (χ3n) is 3.75. The Morgan fingerprint density at radius 1 is 1.10 bits per heavy atom. The number of hydrogen-bond acceptors (Lipinski definition) is 3. The lowest BCUT2D eigenvalue weighted by atomic mass is 9.96. The minimum atomic E-state index is 0.147. The second-order valence-electron chi connectivity index (χ2n) is 5.04. The van der Waals surface area contributed by atoms with Gasteiger partial charge in [-0.25, -0.2) is 0 Å². The first kappa shape index (κ1) is 13.3. The average Bonchev–Trinajstić information content (AvgIpc) is 2.89. The smallest absolute Gasteiger partial charge is 0.0503 e. The minimum absolute atomic E-state index is 0.147. The summed E-state index contributed by atoms with van der Waals surface area (Å²) in [6.07, 6.45) is 0.908. The molecule has 1 unspecified atom stereocenters. The van der Waals surface area contributed by atoms with Crippen LogP contribution in [0, 0.1) is 6.92 Å². The number of fused-ring (bicyclic) bond motifs is 1. The first-order valence-electron chi connectivity index (χ1n) is 6.76. The fourth-order valence-corrected chi connectivity index (χ4v) is 3.62. The summed E-state index contributed by atoms with van der Waals surface area (Å²) in [6.45, 7) is 2.13. The molecule has 3 N–H and O–H groups in total. The van der Waals surface area contributed by atoms with Crippen LogP contribution in [0.3, 0.4) is 0 Å². The highest BCUT2D eigenvalue weighted by molar-refractivity contribution is 7.17. The number of aryl methyl sites for hydroxylation is 1. The Labute approximate surface area is 123 Å². The fourth-order valence-electron chi connectivity index (χ4n) is 2.65. The standard InChI is InChI=1S/C17H18N2S/c1-12-6-2-3-7-14(12)16(19-18)10-13-11-20-17-9-5-4-8-15(13)17/h2-9,11,16,19H,10,18H2,1H3. The molecule has 0 radical (unpaired) electrons. The van der Waals surface area contributed by atoms with Gasteiger partial charge in [0.15, 0.2) is 0 Å². The van der Waals surface area contributed by atoms with Crippen molar-refractivity contribution in [2.45, 2.75) is 19.4 Å². The van der Waals surface area contributed by atoms with Crippen LogP contribution in [0.2, 0.25) is 0 Å². The Morgan fingerprint density at radius 3 is 2.65 bits per heavy atom. The monoisotopic (exact) mass is 282 g/mol. The molecule has 1 aromatic heterocycles. The van der Waals surface area contributed by atoms with Gasteiger partial charge in [0.25, 0.3) is 0 Å². The van der Waals surface area contributed by atoms with Gasteiger partial charge in [-0.15, -0.1) is 11.3 Å². The summed E-state index contributed by atoms with van der Waals surface area (Å²) in [6, 6.07) is 17.1. The molecule has 2 nitrogen and oxygen atoms in total. The Morgan fingerprint density at radius 2 is 1.85 bits per heavy atom. The first-order valence-corrected chi connectivity index (χ1v) is 7.64. The van der Waals surface area contributed by atoms with Crippen molar-refractivity contribution in [2.75, 3.05) is 0 Å². The lowest BCUT2D eigenvalue weighted by Gasteiger charge is -2.18. The lowest BCUT2D eigenvalue weighted by Crippen LogP contribution is -2.30. The van der Waals surface area contributed by atoms with Crippen molar-refractivity contribution in [2.24, 2.45) is 5.84 Å². The van der Waals surface area contributed by atoms with Crippen molar-refractivity contribution >= 4 is 21.4 Å². The number of nitrogens with one attached hydrogen (secondary N) is 1. The molecule has 3 heteroatoms. The molecule has 0 aliphatic carbocycles. The van der Waals surface area contributed by atoms with Crippen LogP contribution in [0.5, 0.6) is 0 Å². The van der Waals surface area contributed by atoms with Crippen LogP contribution in [0.25, 0.3) is 10.1 Å². The van der Waals surface area contributed by atoms with E-state index in [0.717, 1.165) is 6.42 Å². The predicted octanol–water partition coefficient (Wildman–Crippen LogP) is 3.96. The Balaban J connectivity index is 1.94. The van der Waals surface area contributed by atoms with Gasteiger partial charge in [0, 0.05) is 4.70 Å². The third kappa shape index (κ3) is 2.48. The molecule has 1 heterocycles. The second-order valence-corrected chi connectivity index (χ2v) is 5.95. The van der Waals surface area contributed by atoms with Crippen LogP contribution in [0.1, 0.15) is 22.7 Å². The molecule has 0 aliphatic rings. The van der Waals surface area contributed by atoms with E-state index in [-0.39, 0.29) is 6.04 Å². The lowest BCUT2D eigenvalue weighted by molar-refractivity contribution is 0.551. The summed E-state index contributed by atoms with van der Waals surface area (Å²) in [5, 5.41) is 3.58. The third-order valence-corrected chi connectivity index (χ3v) is 4.76. The predicted molar refractivity (Wildman–Crippen MR) is 86.8 cm³/mol. The topological polar surface area (TPSA) is 38.0 Å². The van der Waals surface area contributed by atoms with E-state index in [4.69, 9.17) is 5.84 Å². The van der Waals surface area contributed by atoms with Gasteiger partial charge < -0.3 is 0 Å². The van der Waals surface area contributed by atoms with Crippen molar-refractivity contribution in [3.05, 3.63) is 70.6 Å². The zero-order valence-electron chi connectivity index (χ0n) is 11.5. The molecule has 0 saturated heterocycles. The van der Waals surface area contributed by atoms with Crippen molar-refractivity contribution in [1.29, 1.82) is 0 Å². The van der Waals surface area contributed by atoms with Gasteiger partial charge in [0.05, 0.1) is 6.04 Å². The van der Waals surface area contributed by atoms with E-state index >= 15 is 0 Å². The summed E-state index contributed by atoms with van der Waals surface area (Å²) < 4.78 is 1.34. The number of hydrazine groups is 1.